The summed E-state index contributed by atoms with van der Waals surface area (Å²) in [5.74, 6) is 3.65. The molecule has 42 heavy (non-hydrogen) atoms. The zero-order valence-electron chi connectivity index (χ0n) is 24.6. The molecule has 212 valence electrons. The minimum absolute atomic E-state index is 0.436. The van der Waals surface area contributed by atoms with Crippen molar-refractivity contribution >= 4 is 48.6 Å². The highest BCUT2D eigenvalue weighted by Crippen LogP contribution is 2.61. The third-order valence-electron chi connectivity index (χ3n) is 11.6. The fourth-order valence-electron chi connectivity index (χ4n) is 10.1. The summed E-state index contributed by atoms with van der Waals surface area (Å²) in [7, 11) is 0. The van der Waals surface area contributed by atoms with E-state index in [1.54, 1.807) is 5.56 Å². The Labute approximate surface area is 254 Å². The van der Waals surface area contributed by atoms with E-state index in [9.17, 15) is 0 Å². The van der Waals surface area contributed by atoms with Crippen LogP contribution in [0.2, 0.25) is 0 Å². The van der Waals surface area contributed by atoms with E-state index in [4.69, 9.17) is 0 Å². The van der Waals surface area contributed by atoms with Crippen LogP contribution in [0.1, 0.15) is 87.7 Å². The summed E-state index contributed by atoms with van der Waals surface area (Å²) in [5.41, 5.74) is 7.40. The molecule has 10 rings (SSSR count). The third kappa shape index (κ3) is 4.16. The van der Waals surface area contributed by atoms with Crippen molar-refractivity contribution in [3.05, 3.63) is 102 Å². The van der Waals surface area contributed by atoms with Gasteiger partial charge >= 0.3 is 0 Å². The molecule has 0 atom stereocenters. The molecule has 5 aliphatic carbocycles. The Hall–Kier alpha value is -3.10. The summed E-state index contributed by atoms with van der Waals surface area (Å²) in [6, 6.07) is 35.3. The second-order valence-corrected chi connectivity index (χ2v) is 15.3. The highest BCUT2D eigenvalue weighted by Gasteiger charge is 2.51. The first kappa shape index (κ1) is 25.4. The maximum Gasteiger partial charge on any atom is 0.0640 e. The number of fused-ring (bicyclic) bond motifs is 3. The van der Waals surface area contributed by atoms with Gasteiger partial charge in [-0.25, -0.2) is 0 Å². The van der Waals surface area contributed by atoms with Crippen LogP contribution in [0, 0.1) is 17.8 Å². The molecular formula is C40H41NS. The van der Waals surface area contributed by atoms with Crippen molar-refractivity contribution < 1.29 is 0 Å². The number of nitrogens with zero attached hydrogens (tertiary/aromatic N) is 1. The van der Waals surface area contributed by atoms with Crippen LogP contribution >= 0.6 is 11.3 Å². The topological polar surface area (TPSA) is 3.24 Å². The van der Waals surface area contributed by atoms with Gasteiger partial charge in [0.15, 0.2) is 0 Å². The van der Waals surface area contributed by atoms with Crippen molar-refractivity contribution in [3.8, 4) is 0 Å². The lowest BCUT2D eigenvalue weighted by molar-refractivity contribution is -0.00518. The molecule has 0 aliphatic heterocycles. The Bertz CT molecular complexity index is 1700. The zero-order chi connectivity index (χ0) is 27.7. The van der Waals surface area contributed by atoms with E-state index in [1.807, 2.05) is 11.3 Å². The van der Waals surface area contributed by atoms with Crippen LogP contribution in [0.3, 0.4) is 0 Å². The van der Waals surface area contributed by atoms with Gasteiger partial charge in [-0.05, 0) is 128 Å². The molecule has 0 unspecified atom stereocenters. The molecule has 4 bridgehead atoms. The van der Waals surface area contributed by atoms with E-state index in [2.05, 4.69) is 95.9 Å². The molecule has 5 saturated carbocycles. The molecule has 5 fully saturated rings. The first-order valence-electron chi connectivity index (χ1n) is 16.6. The van der Waals surface area contributed by atoms with Gasteiger partial charge in [-0.2, -0.15) is 0 Å². The Kier molecular flexibility index (Phi) is 6.04. The smallest absolute Gasteiger partial charge is 0.0640 e. The van der Waals surface area contributed by atoms with E-state index in [0.29, 0.717) is 5.41 Å². The highest BCUT2D eigenvalue weighted by molar-refractivity contribution is 7.26. The van der Waals surface area contributed by atoms with Crippen LogP contribution in [-0.2, 0) is 5.41 Å². The van der Waals surface area contributed by atoms with Crippen LogP contribution in [-0.4, -0.2) is 0 Å². The Balaban J connectivity index is 1.14. The lowest BCUT2D eigenvalue weighted by Gasteiger charge is -2.57. The Morgan fingerprint density at radius 1 is 0.595 bits per heavy atom. The van der Waals surface area contributed by atoms with Gasteiger partial charge in [-0.3, -0.25) is 0 Å². The molecule has 0 spiro atoms. The minimum atomic E-state index is 0.436. The van der Waals surface area contributed by atoms with Crippen molar-refractivity contribution in [3.63, 3.8) is 0 Å². The Morgan fingerprint density at radius 2 is 1.21 bits per heavy atom. The van der Waals surface area contributed by atoms with Crippen LogP contribution in [0.5, 0.6) is 0 Å². The van der Waals surface area contributed by atoms with Gasteiger partial charge in [0.05, 0.1) is 10.4 Å². The van der Waals surface area contributed by atoms with E-state index < -0.39 is 0 Å². The third-order valence-corrected chi connectivity index (χ3v) is 12.8. The maximum absolute atomic E-state index is 2.53. The number of hydrogen-bond acceptors (Lipinski definition) is 2. The first-order chi connectivity index (χ1) is 20.7. The number of benzene rings is 4. The fraction of sp³-hybridized carbons (Fsp3) is 0.400. The van der Waals surface area contributed by atoms with Crippen LogP contribution in [0.4, 0.5) is 17.1 Å². The molecule has 0 N–H and O–H groups in total. The molecule has 1 aromatic heterocycles. The van der Waals surface area contributed by atoms with E-state index in [1.165, 1.54) is 113 Å². The number of hydrogen-bond donors (Lipinski definition) is 0. The van der Waals surface area contributed by atoms with Crippen LogP contribution < -0.4 is 4.90 Å². The summed E-state index contributed by atoms with van der Waals surface area (Å²) in [6.07, 6.45) is 15.6. The molecule has 0 saturated heterocycles. The van der Waals surface area contributed by atoms with Gasteiger partial charge in [-0.1, -0.05) is 73.9 Å². The number of rotatable bonds is 5. The molecule has 5 aliphatic rings. The van der Waals surface area contributed by atoms with Crippen molar-refractivity contribution in [2.24, 2.45) is 17.8 Å². The van der Waals surface area contributed by atoms with Gasteiger partial charge < -0.3 is 4.90 Å². The molecule has 2 heteroatoms. The van der Waals surface area contributed by atoms with E-state index >= 15 is 0 Å². The molecule has 5 aromatic rings. The summed E-state index contributed by atoms with van der Waals surface area (Å²) >= 11 is 1.93. The predicted molar refractivity (Wildman–Crippen MR) is 180 cm³/mol. The van der Waals surface area contributed by atoms with Gasteiger partial charge in [0, 0.05) is 26.8 Å². The summed E-state index contributed by atoms with van der Waals surface area (Å²) in [6.45, 7) is 0. The summed E-state index contributed by atoms with van der Waals surface area (Å²) in [4.78, 5) is 2.53. The second kappa shape index (κ2) is 9.98. The normalized spacial score (nSPS) is 27.2. The van der Waals surface area contributed by atoms with E-state index in [0.717, 1.165) is 23.7 Å². The quantitative estimate of drug-likeness (QED) is 0.204. The first-order valence-corrected chi connectivity index (χ1v) is 17.4. The molecule has 1 nitrogen and oxygen atoms in total. The van der Waals surface area contributed by atoms with Crippen molar-refractivity contribution in [2.45, 2.75) is 82.0 Å². The van der Waals surface area contributed by atoms with Crippen LogP contribution in [0.15, 0.2) is 91.0 Å². The molecule has 4 aromatic carbocycles. The second-order valence-electron chi connectivity index (χ2n) is 14.3. The Morgan fingerprint density at radius 3 is 1.90 bits per heavy atom. The minimum Gasteiger partial charge on any atom is -0.309 e. The van der Waals surface area contributed by atoms with Gasteiger partial charge in [-0.15, -0.1) is 11.3 Å². The molecular weight excluding hydrogens is 527 g/mol. The molecule has 0 amide bonds. The summed E-state index contributed by atoms with van der Waals surface area (Å²) in [5, 5.41) is 2.73. The average Bonchev–Trinajstić information content (AvgIpc) is 3.41. The van der Waals surface area contributed by atoms with Gasteiger partial charge in [0.2, 0.25) is 0 Å². The summed E-state index contributed by atoms with van der Waals surface area (Å²) < 4.78 is 2.74. The SMILES string of the molecule is c1ccc2c(c1)sc1c(N(c3ccc(C4CCCCC4)cc3)c3ccc(C45CC6CC(CC(C6)C4)C5)cc3)cccc12. The average molecular weight is 568 g/mol. The van der Waals surface area contributed by atoms with Gasteiger partial charge in [0.1, 0.15) is 0 Å². The van der Waals surface area contributed by atoms with E-state index in [-0.39, 0.29) is 0 Å². The predicted octanol–water partition coefficient (Wildman–Crippen LogP) is 12.0. The van der Waals surface area contributed by atoms with Crippen molar-refractivity contribution in [1.29, 1.82) is 0 Å². The number of thiophene rings is 1. The standard InChI is InChI=1S/C40H41NS/c1-2-7-30(8-3-1)31-13-17-33(18-14-31)41(37-11-6-10-36-35-9-4-5-12-38(35)42-39(36)37)34-19-15-32(16-20-34)40-24-27-21-28(25-40)23-29(22-27)26-40/h4-6,9-20,27-30H,1-3,7-8,21-26H2. The number of anilines is 3. The lowest BCUT2D eigenvalue weighted by Crippen LogP contribution is -2.48. The fourth-order valence-corrected chi connectivity index (χ4v) is 11.3. The maximum atomic E-state index is 2.53. The zero-order valence-corrected chi connectivity index (χ0v) is 25.4. The van der Waals surface area contributed by atoms with Crippen LogP contribution in [0.25, 0.3) is 20.2 Å². The lowest BCUT2D eigenvalue weighted by atomic mass is 9.48. The molecule has 0 radical (unpaired) electrons. The van der Waals surface area contributed by atoms with Crippen molar-refractivity contribution in [2.75, 3.05) is 4.90 Å². The van der Waals surface area contributed by atoms with Gasteiger partial charge in [0.25, 0.3) is 0 Å². The monoisotopic (exact) mass is 567 g/mol. The highest BCUT2D eigenvalue weighted by atomic mass is 32.1. The molecule has 1 heterocycles. The van der Waals surface area contributed by atoms with Crippen molar-refractivity contribution in [1.82, 2.24) is 0 Å². The largest absolute Gasteiger partial charge is 0.309 e.